The largest absolute Gasteiger partial charge is 0.481 e. The highest BCUT2D eigenvalue weighted by Gasteiger charge is 2.24. The van der Waals surface area contributed by atoms with Crippen molar-refractivity contribution in [1.82, 2.24) is 0 Å². The van der Waals surface area contributed by atoms with Crippen molar-refractivity contribution in [2.45, 2.75) is 83.7 Å². The zero-order valence-corrected chi connectivity index (χ0v) is 17.3. The first-order valence-electron chi connectivity index (χ1n) is 10.1. The molecule has 5 heteroatoms. The van der Waals surface area contributed by atoms with Crippen LogP contribution in [0, 0.1) is 0 Å². The molecule has 152 valence electrons. The first kappa shape index (κ1) is 24.6. The second-order valence-electron chi connectivity index (χ2n) is 8.10. The lowest BCUT2D eigenvalue weighted by Gasteiger charge is -2.28. The molecule has 1 N–H and O–H groups in total. The summed E-state index contributed by atoms with van der Waals surface area (Å²) in [4.78, 5) is 22.9. The molecule has 1 atom stereocenters. The van der Waals surface area contributed by atoms with E-state index in [4.69, 9.17) is 9.84 Å². The number of allylic oxidation sites excluding steroid dienone is 2. The molecule has 0 saturated carbocycles. The number of quaternary nitrogens is 1. The highest BCUT2D eigenvalue weighted by atomic mass is 16.5. The van der Waals surface area contributed by atoms with Gasteiger partial charge in [0.25, 0.3) is 0 Å². The van der Waals surface area contributed by atoms with Crippen molar-refractivity contribution in [3.8, 4) is 0 Å². The Morgan fingerprint density at radius 1 is 0.962 bits per heavy atom. The van der Waals surface area contributed by atoms with E-state index in [0.717, 1.165) is 6.42 Å². The van der Waals surface area contributed by atoms with Gasteiger partial charge in [0, 0.05) is 6.42 Å². The summed E-state index contributed by atoms with van der Waals surface area (Å²) in [6.07, 6.45) is 14.6. The van der Waals surface area contributed by atoms with E-state index < -0.39 is 12.1 Å². The predicted molar refractivity (Wildman–Crippen MR) is 106 cm³/mol. The molecule has 0 aliphatic carbocycles. The highest BCUT2D eigenvalue weighted by molar-refractivity contribution is 5.71. The molecule has 0 aliphatic heterocycles. The molecule has 0 bridgehead atoms. The molecule has 1 unspecified atom stereocenters. The van der Waals surface area contributed by atoms with Crippen molar-refractivity contribution in [3.63, 3.8) is 0 Å². The van der Waals surface area contributed by atoms with Gasteiger partial charge < -0.3 is 14.3 Å². The Kier molecular flexibility index (Phi) is 14.0. The fourth-order valence-electron chi connectivity index (χ4n) is 2.85. The first-order valence-corrected chi connectivity index (χ1v) is 10.1. The third-order valence-electron chi connectivity index (χ3n) is 4.11. The standard InChI is InChI=1S/C21H39NO4/c1-5-6-7-8-9-10-11-12-13-14-15-16-21(25)26-19(17-20(23)24)18-22(2,3)4/h13-14,19H,5-12,15-18H2,1-4H3/p+1/b14-13+. The van der Waals surface area contributed by atoms with Gasteiger partial charge in [-0.15, -0.1) is 0 Å². The molecule has 0 aromatic heterocycles. The van der Waals surface area contributed by atoms with Crippen LogP contribution in [0.4, 0.5) is 0 Å². The van der Waals surface area contributed by atoms with E-state index >= 15 is 0 Å². The summed E-state index contributed by atoms with van der Waals surface area (Å²) in [7, 11) is 5.86. The number of carboxylic acids is 1. The Bertz CT molecular complexity index is 413. The van der Waals surface area contributed by atoms with Crippen molar-refractivity contribution in [3.05, 3.63) is 12.2 Å². The molecule has 0 spiro atoms. The zero-order chi connectivity index (χ0) is 19.8. The maximum atomic E-state index is 11.9. The average Bonchev–Trinajstić information content (AvgIpc) is 2.50. The van der Waals surface area contributed by atoms with Crippen LogP contribution in [0.15, 0.2) is 12.2 Å². The Balaban J connectivity index is 3.86. The number of carboxylic acid groups (broad SMARTS) is 1. The van der Waals surface area contributed by atoms with Gasteiger partial charge >= 0.3 is 11.9 Å². The van der Waals surface area contributed by atoms with Gasteiger partial charge in [0.2, 0.25) is 0 Å². The lowest BCUT2D eigenvalue weighted by atomic mass is 10.1. The van der Waals surface area contributed by atoms with Crippen LogP contribution in [0.1, 0.15) is 77.6 Å². The maximum Gasteiger partial charge on any atom is 0.307 e. The number of rotatable bonds is 16. The summed E-state index contributed by atoms with van der Waals surface area (Å²) in [6, 6.07) is 0. The van der Waals surface area contributed by atoms with Crippen LogP contribution in [-0.2, 0) is 14.3 Å². The van der Waals surface area contributed by atoms with Gasteiger partial charge in [-0.1, -0.05) is 57.6 Å². The normalized spacial score (nSPS) is 13.1. The lowest BCUT2D eigenvalue weighted by molar-refractivity contribution is -0.873. The summed E-state index contributed by atoms with van der Waals surface area (Å²) in [5.41, 5.74) is 0. The van der Waals surface area contributed by atoms with Gasteiger partial charge in [-0.05, 0) is 19.3 Å². The summed E-state index contributed by atoms with van der Waals surface area (Å²) in [6.45, 7) is 2.73. The molecule has 0 fully saturated rings. The van der Waals surface area contributed by atoms with Gasteiger partial charge in [-0.2, -0.15) is 0 Å². The predicted octanol–water partition coefficient (Wildman–Crippen LogP) is 4.56. The molecule has 0 heterocycles. The third-order valence-corrected chi connectivity index (χ3v) is 4.11. The van der Waals surface area contributed by atoms with Crippen LogP contribution >= 0.6 is 0 Å². The van der Waals surface area contributed by atoms with Crippen molar-refractivity contribution in [2.24, 2.45) is 0 Å². The van der Waals surface area contributed by atoms with Crippen molar-refractivity contribution < 1.29 is 23.9 Å². The number of aliphatic carboxylic acids is 1. The number of carbonyl (C=O) groups excluding carboxylic acids is 1. The quantitative estimate of drug-likeness (QED) is 0.187. The van der Waals surface area contributed by atoms with Crippen molar-refractivity contribution in [2.75, 3.05) is 27.7 Å². The molecule has 0 aromatic carbocycles. The minimum absolute atomic E-state index is 0.143. The molecule has 0 radical (unpaired) electrons. The van der Waals surface area contributed by atoms with Crippen LogP contribution in [-0.4, -0.2) is 55.3 Å². The van der Waals surface area contributed by atoms with Gasteiger partial charge in [0.05, 0.1) is 27.6 Å². The van der Waals surface area contributed by atoms with Gasteiger partial charge in [0.15, 0.2) is 6.10 Å². The summed E-state index contributed by atoms with van der Waals surface area (Å²) < 4.78 is 5.92. The fourth-order valence-corrected chi connectivity index (χ4v) is 2.85. The number of hydrogen-bond acceptors (Lipinski definition) is 3. The van der Waals surface area contributed by atoms with Gasteiger partial charge in [-0.3, -0.25) is 9.59 Å². The van der Waals surface area contributed by atoms with E-state index in [1.807, 2.05) is 27.2 Å². The van der Waals surface area contributed by atoms with E-state index in [2.05, 4.69) is 13.0 Å². The Morgan fingerprint density at radius 2 is 1.54 bits per heavy atom. The first-order chi connectivity index (χ1) is 12.2. The molecule has 0 amide bonds. The number of esters is 1. The van der Waals surface area contributed by atoms with Gasteiger partial charge in [-0.25, -0.2) is 0 Å². The number of nitrogens with zero attached hydrogens (tertiary/aromatic N) is 1. The zero-order valence-electron chi connectivity index (χ0n) is 17.3. The smallest absolute Gasteiger partial charge is 0.307 e. The van der Waals surface area contributed by atoms with Crippen molar-refractivity contribution in [1.29, 1.82) is 0 Å². The SMILES string of the molecule is CCCCCCCCC/C=C/CCC(=O)OC(CC(=O)O)C[N+](C)(C)C. The van der Waals surface area contributed by atoms with E-state index in [9.17, 15) is 9.59 Å². The van der Waals surface area contributed by atoms with Crippen LogP contribution in [0.3, 0.4) is 0 Å². The Hall–Kier alpha value is -1.36. The second-order valence-corrected chi connectivity index (χ2v) is 8.10. The molecule has 5 nitrogen and oxygen atoms in total. The molecule has 0 saturated heterocycles. The highest BCUT2D eigenvalue weighted by Crippen LogP contribution is 2.10. The Labute approximate surface area is 160 Å². The van der Waals surface area contributed by atoms with E-state index in [-0.39, 0.29) is 12.4 Å². The molecule has 26 heavy (non-hydrogen) atoms. The second kappa shape index (κ2) is 14.8. The Morgan fingerprint density at radius 3 is 2.12 bits per heavy atom. The maximum absolute atomic E-state index is 11.9. The number of hydrogen-bond donors (Lipinski definition) is 1. The fraction of sp³-hybridized carbons (Fsp3) is 0.810. The third kappa shape index (κ3) is 17.5. The van der Waals surface area contributed by atoms with Crippen LogP contribution < -0.4 is 0 Å². The number of likely N-dealkylation sites (N-methyl/N-ethyl adjacent to an activating group) is 1. The van der Waals surface area contributed by atoms with Crippen LogP contribution in [0.2, 0.25) is 0 Å². The van der Waals surface area contributed by atoms with Crippen molar-refractivity contribution >= 4 is 11.9 Å². The van der Waals surface area contributed by atoms with E-state index in [0.29, 0.717) is 23.9 Å². The van der Waals surface area contributed by atoms with Gasteiger partial charge in [0.1, 0.15) is 6.54 Å². The minimum atomic E-state index is -0.939. The monoisotopic (exact) mass is 370 g/mol. The molecular formula is C21H40NO4+. The molecule has 0 aliphatic rings. The summed E-state index contributed by atoms with van der Waals surface area (Å²) >= 11 is 0. The summed E-state index contributed by atoms with van der Waals surface area (Å²) in [5, 5.41) is 8.96. The molecular weight excluding hydrogens is 330 g/mol. The van der Waals surface area contributed by atoms with E-state index in [1.165, 1.54) is 44.9 Å². The number of carbonyl (C=O) groups is 2. The molecule has 0 rings (SSSR count). The van der Waals surface area contributed by atoms with E-state index in [1.54, 1.807) is 0 Å². The average molecular weight is 371 g/mol. The number of unbranched alkanes of at least 4 members (excludes halogenated alkanes) is 7. The van der Waals surface area contributed by atoms with Crippen LogP contribution in [0.25, 0.3) is 0 Å². The molecule has 0 aromatic rings. The summed E-state index contributed by atoms with van der Waals surface area (Å²) in [5.74, 6) is -1.25. The van der Waals surface area contributed by atoms with Crippen LogP contribution in [0.5, 0.6) is 0 Å². The number of ether oxygens (including phenoxy) is 1. The topological polar surface area (TPSA) is 63.6 Å². The lowest BCUT2D eigenvalue weighted by Crippen LogP contribution is -2.43. The minimum Gasteiger partial charge on any atom is -0.481 e.